The lowest BCUT2D eigenvalue weighted by Gasteiger charge is -2.39. The highest BCUT2D eigenvalue weighted by Crippen LogP contribution is 2.50. The van der Waals surface area contributed by atoms with Crippen LogP contribution in [0.4, 0.5) is 8.78 Å². The van der Waals surface area contributed by atoms with Crippen molar-refractivity contribution in [1.82, 2.24) is 4.90 Å². The first-order valence-corrected chi connectivity index (χ1v) is 9.45. The van der Waals surface area contributed by atoms with Gasteiger partial charge in [-0.2, -0.15) is 0 Å². The molecule has 4 nitrogen and oxygen atoms in total. The van der Waals surface area contributed by atoms with Gasteiger partial charge in [-0.1, -0.05) is 42.5 Å². The third-order valence-electron chi connectivity index (χ3n) is 6.15. The second-order valence-electron chi connectivity index (χ2n) is 7.67. The number of carboxylic acids is 1. The number of carboxylic acid groups (broad SMARTS) is 1. The minimum Gasteiger partial charge on any atom is -0.481 e. The van der Waals surface area contributed by atoms with Gasteiger partial charge in [0, 0.05) is 19.0 Å². The Morgan fingerprint density at radius 3 is 2.32 bits per heavy atom. The summed E-state index contributed by atoms with van der Waals surface area (Å²) in [7, 11) is 0. The van der Waals surface area contributed by atoms with Crippen LogP contribution in [-0.2, 0) is 15.0 Å². The van der Waals surface area contributed by atoms with E-state index in [9.17, 15) is 23.5 Å². The maximum absolute atomic E-state index is 14.0. The van der Waals surface area contributed by atoms with Crippen LogP contribution >= 0.6 is 0 Å². The topological polar surface area (TPSA) is 57.6 Å². The van der Waals surface area contributed by atoms with Gasteiger partial charge in [0.15, 0.2) is 11.6 Å². The van der Waals surface area contributed by atoms with Crippen LogP contribution in [0.25, 0.3) is 0 Å². The average molecular weight is 385 g/mol. The zero-order valence-corrected chi connectivity index (χ0v) is 15.3. The molecule has 2 aromatic carbocycles. The number of carbonyl (C=O) groups is 2. The molecule has 0 unspecified atom stereocenters. The van der Waals surface area contributed by atoms with E-state index in [-0.39, 0.29) is 23.3 Å². The number of amides is 1. The van der Waals surface area contributed by atoms with Crippen molar-refractivity contribution in [2.45, 2.75) is 30.6 Å². The summed E-state index contributed by atoms with van der Waals surface area (Å²) in [4.78, 5) is 26.5. The summed E-state index contributed by atoms with van der Waals surface area (Å²) < 4.78 is 27.4. The Morgan fingerprint density at radius 2 is 1.68 bits per heavy atom. The fourth-order valence-corrected chi connectivity index (χ4v) is 4.35. The summed E-state index contributed by atoms with van der Waals surface area (Å²) in [6, 6.07) is 13.2. The molecule has 1 aliphatic heterocycles. The van der Waals surface area contributed by atoms with Crippen molar-refractivity contribution in [3.8, 4) is 0 Å². The smallest absolute Gasteiger partial charge is 0.314 e. The molecule has 4 rings (SSSR count). The normalized spacial score (nSPS) is 23.3. The molecule has 0 spiro atoms. The van der Waals surface area contributed by atoms with Gasteiger partial charge in [-0.25, -0.2) is 8.78 Å². The maximum atomic E-state index is 14.0. The van der Waals surface area contributed by atoms with Gasteiger partial charge < -0.3 is 10.0 Å². The Kier molecular flexibility index (Phi) is 4.65. The van der Waals surface area contributed by atoms with Crippen LogP contribution in [-0.4, -0.2) is 35.0 Å². The highest BCUT2D eigenvalue weighted by molar-refractivity contribution is 5.85. The number of benzene rings is 2. The number of aliphatic carboxylic acids is 1. The molecule has 6 heteroatoms. The number of carbonyl (C=O) groups excluding carboxylic acids is 1. The molecule has 1 saturated carbocycles. The number of hydrogen-bond acceptors (Lipinski definition) is 2. The largest absolute Gasteiger partial charge is 0.481 e. The number of likely N-dealkylation sites (tertiary alicyclic amines) is 1. The minimum absolute atomic E-state index is 0.0966. The van der Waals surface area contributed by atoms with Crippen LogP contribution in [0.3, 0.4) is 0 Å². The van der Waals surface area contributed by atoms with Crippen LogP contribution in [0.5, 0.6) is 0 Å². The highest BCUT2D eigenvalue weighted by atomic mass is 19.2. The first-order chi connectivity index (χ1) is 13.4. The van der Waals surface area contributed by atoms with E-state index in [1.807, 2.05) is 30.3 Å². The summed E-state index contributed by atoms with van der Waals surface area (Å²) in [5.74, 6) is -3.41. The van der Waals surface area contributed by atoms with Crippen molar-refractivity contribution in [2.24, 2.45) is 5.92 Å². The van der Waals surface area contributed by atoms with Crippen molar-refractivity contribution in [1.29, 1.82) is 0 Å². The van der Waals surface area contributed by atoms with Crippen LogP contribution in [0.15, 0.2) is 48.5 Å². The molecular formula is C22H21F2NO3. The second-order valence-corrected chi connectivity index (χ2v) is 7.67. The summed E-state index contributed by atoms with van der Waals surface area (Å²) >= 11 is 0. The molecule has 1 N–H and O–H groups in total. The van der Waals surface area contributed by atoms with E-state index in [1.165, 1.54) is 12.1 Å². The monoisotopic (exact) mass is 385 g/mol. The first-order valence-electron chi connectivity index (χ1n) is 9.45. The van der Waals surface area contributed by atoms with E-state index in [0.29, 0.717) is 32.4 Å². The molecule has 0 aromatic heterocycles. The van der Waals surface area contributed by atoms with Gasteiger partial charge in [-0.3, -0.25) is 9.59 Å². The first kappa shape index (κ1) is 18.6. The maximum Gasteiger partial charge on any atom is 0.314 e. The standard InChI is InChI=1S/C22H21F2NO3/c23-18-8-4-7-15(19(18)24)16-13-17(16)20(26)25-11-9-22(10-12-25,21(27)28)14-5-2-1-3-6-14/h1-8,16-17H,9-13H2,(H,27,28)/t16-,17+/m1/s1. The van der Waals surface area contributed by atoms with Crippen LogP contribution in [0.2, 0.25) is 0 Å². The molecular weight excluding hydrogens is 364 g/mol. The van der Waals surface area contributed by atoms with E-state index in [1.54, 1.807) is 4.90 Å². The SMILES string of the molecule is O=C([C@H]1C[C@@H]1c1cccc(F)c1F)N1CCC(C(=O)O)(c2ccccc2)CC1. The Labute approximate surface area is 161 Å². The molecule has 2 fully saturated rings. The fraction of sp³-hybridized carbons (Fsp3) is 0.364. The number of rotatable bonds is 4. The van der Waals surface area contributed by atoms with Gasteiger partial charge in [0.1, 0.15) is 0 Å². The third kappa shape index (κ3) is 3.07. The Bertz CT molecular complexity index is 907. The molecule has 1 aliphatic carbocycles. The molecule has 0 bridgehead atoms. The zero-order valence-electron chi connectivity index (χ0n) is 15.3. The Hall–Kier alpha value is -2.76. The van der Waals surface area contributed by atoms with Gasteiger partial charge in [-0.05, 0) is 42.4 Å². The van der Waals surface area contributed by atoms with E-state index in [2.05, 4.69) is 0 Å². The van der Waals surface area contributed by atoms with Crippen molar-refractivity contribution < 1.29 is 23.5 Å². The van der Waals surface area contributed by atoms with Gasteiger partial charge in [0.2, 0.25) is 5.91 Å². The molecule has 146 valence electrons. The van der Waals surface area contributed by atoms with Crippen LogP contribution < -0.4 is 0 Å². The minimum atomic E-state index is -0.990. The van der Waals surface area contributed by atoms with Crippen LogP contribution in [0, 0.1) is 17.6 Å². The summed E-state index contributed by atoms with van der Waals surface area (Å²) in [5.41, 5.74) is 0.00982. The lowest BCUT2D eigenvalue weighted by Crippen LogP contribution is -2.49. The quantitative estimate of drug-likeness (QED) is 0.873. The lowest BCUT2D eigenvalue weighted by molar-refractivity contribution is -0.148. The second kappa shape index (κ2) is 7.00. The molecule has 1 amide bonds. The summed E-state index contributed by atoms with van der Waals surface area (Å²) in [6.45, 7) is 0.684. The van der Waals surface area contributed by atoms with Crippen molar-refractivity contribution in [3.05, 3.63) is 71.3 Å². The fourth-order valence-electron chi connectivity index (χ4n) is 4.35. The third-order valence-corrected chi connectivity index (χ3v) is 6.15. The van der Waals surface area contributed by atoms with Gasteiger partial charge in [-0.15, -0.1) is 0 Å². The molecule has 28 heavy (non-hydrogen) atoms. The zero-order chi connectivity index (χ0) is 19.9. The summed E-state index contributed by atoms with van der Waals surface area (Å²) in [6.07, 6.45) is 1.17. The van der Waals surface area contributed by atoms with Crippen molar-refractivity contribution >= 4 is 11.9 Å². The molecule has 2 aromatic rings. The van der Waals surface area contributed by atoms with E-state index in [4.69, 9.17) is 0 Å². The van der Waals surface area contributed by atoms with Gasteiger partial charge >= 0.3 is 5.97 Å². The molecule has 2 aliphatic rings. The Balaban J connectivity index is 1.45. The van der Waals surface area contributed by atoms with Crippen molar-refractivity contribution in [2.75, 3.05) is 13.1 Å². The lowest BCUT2D eigenvalue weighted by atomic mass is 9.73. The van der Waals surface area contributed by atoms with Crippen LogP contribution in [0.1, 0.15) is 36.3 Å². The highest BCUT2D eigenvalue weighted by Gasteiger charge is 2.50. The average Bonchev–Trinajstić information content (AvgIpc) is 3.50. The predicted molar refractivity (Wildman–Crippen MR) is 98.8 cm³/mol. The molecule has 1 saturated heterocycles. The number of halogens is 2. The molecule has 0 radical (unpaired) electrons. The molecule has 1 heterocycles. The van der Waals surface area contributed by atoms with E-state index >= 15 is 0 Å². The summed E-state index contributed by atoms with van der Waals surface area (Å²) in [5, 5.41) is 9.86. The number of nitrogens with zero attached hydrogens (tertiary/aromatic N) is 1. The van der Waals surface area contributed by atoms with Crippen molar-refractivity contribution in [3.63, 3.8) is 0 Å². The number of piperidine rings is 1. The van der Waals surface area contributed by atoms with E-state index < -0.39 is 23.0 Å². The predicted octanol–water partition coefficient (Wildman–Crippen LogP) is 3.71. The van der Waals surface area contributed by atoms with E-state index in [0.717, 1.165) is 11.6 Å². The number of hydrogen-bond donors (Lipinski definition) is 1. The van der Waals surface area contributed by atoms with Gasteiger partial charge in [0.05, 0.1) is 5.41 Å². The van der Waals surface area contributed by atoms with Gasteiger partial charge in [0.25, 0.3) is 0 Å². The molecule has 2 atom stereocenters. The Morgan fingerprint density at radius 1 is 1.00 bits per heavy atom.